The molecule has 0 radical (unpaired) electrons. The fraction of sp³-hybridized carbons (Fsp3) is 0.389. The maximum atomic E-state index is 4.69. The summed E-state index contributed by atoms with van der Waals surface area (Å²) in [4.78, 5) is 4.69. The Morgan fingerprint density at radius 1 is 0.950 bits per heavy atom. The van der Waals surface area contributed by atoms with E-state index >= 15 is 0 Å². The van der Waals surface area contributed by atoms with Crippen LogP contribution in [0.4, 0.5) is 0 Å². The van der Waals surface area contributed by atoms with E-state index in [9.17, 15) is 0 Å². The van der Waals surface area contributed by atoms with E-state index in [2.05, 4.69) is 74.9 Å². The van der Waals surface area contributed by atoms with E-state index in [0.717, 1.165) is 5.69 Å². The first kappa shape index (κ1) is 15.3. The van der Waals surface area contributed by atoms with Crippen molar-refractivity contribution in [2.24, 2.45) is 5.41 Å². The van der Waals surface area contributed by atoms with Gasteiger partial charge in [0.1, 0.15) is 0 Å². The zero-order chi connectivity index (χ0) is 14.8. The van der Waals surface area contributed by atoms with Gasteiger partial charge >= 0.3 is 126 Å². The molecule has 1 nitrogen and oxygen atoms in total. The van der Waals surface area contributed by atoms with E-state index in [4.69, 9.17) is 4.98 Å². The van der Waals surface area contributed by atoms with E-state index in [-0.39, 0.29) is 0 Å². The van der Waals surface area contributed by atoms with Gasteiger partial charge in [0.05, 0.1) is 0 Å². The minimum absolute atomic E-state index is 0.404. The van der Waals surface area contributed by atoms with Crippen LogP contribution in [0.2, 0.25) is 16.8 Å². The number of aromatic nitrogens is 1. The fourth-order valence-electron chi connectivity index (χ4n) is 3.00. The second-order valence-corrected chi connectivity index (χ2v) is 17.3. The summed E-state index contributed by atoms with van der Waals surface area (Å²) < 4.78 is 1.50. The Morgan fingerprint density at radius 2 is 1.60 bits per heavy atom. The molecule has 0 N–H and O–H groups in total. The molecule has 0 bridgehead atoms. The van der Waals surface area contributed by atoms with Crippen LogP contribution in [-0.2, 0) is 0 Å². The molecule has 0 saturated heterocycles. The van der Waals surface area contributed by atoms with Crippen molar-refractivity contribution in [2.75, 3.05) is 0 Å². The Bertz CT molecular complexity index is 550. The van der Waals surface area contributed by atoms with Crippen molar-refractivity contribution in [3.63, 3.8) is 0 Å². The van der Waals surface area contributed by atoms with Gasteiger partial charge in [-0.25, -0.2) is 0 Å². The van der Waals surface area contributed by atoms with Crippen LogP contribution >= 0.6 is 0 Å². The van der Waals surface area contributed by atoms with Crippen molar-refractivity contribution in [1.29, 1.82) is 0 Å². The Labute approximate surface area is 125 Å². The molecule has 106 valence electrons. The van der Waals surface area contributed by atoms with Crippen molar-refractivity contribution in [3.8, 4) is 11.3 Å². The molecular formula is C18H25GeN. The summed E-state index contributed by atoms with van der Waals surface area (Å²) >= 11 is -1.95. The number of hydrogen-bond acceptors (Lipinski definition) is 1. The molecule has 0 spiro atoms. The minimum atomic E-state index is -1.95. The number of nitrogens with zero attached hydrogens (tertiary/aromatic N) is 1. The van der Waals surface area contributed by atoms with Gasteiger partial charge in [0, 0.05) is 0 Å². The second-order valence-electron chi connectivity index (χ2n) is 7.42. The molecule has 0 fully saturated rings. The summed E-state index contributed by atoms with van der Waals surface area (Å²) in [6, 6.07) is 14.9. The normalized spacial score (nSPS) is 12.4. The van der Waals surface area contributed by atoms with E-state index in [1.54, 1.807) is 0 Å². The van der Waals surface area contributed by atoms with E-state index in [1.807, 2.05) is 6.07 Å². The van der Waals surface area contributed by atoms with E-state index < -0.39 is 13.3 Å². The third kappa shape index (κ3) is 3.95. The van der Waals surface area contributed by atoms with E-state index in [1.165, 1.54) is 15.2 Å². The van der Waals surface area contributed by atoms with Crippen LogP contribution in [0.1, 0.15) is 20.8 Å². The van der Waals surface area contributed by atoms with Gasteiger partial charge in [-0.2, -0.15) is 0 Å². The third-order valence-corrected chi connectivity index (χ3v) is 11.6. The second kappa shape index (κ2) is 5.73. The molecule has 2 rings (SSSR count). The zero-order valence-electron chi connectivity index (χ0n) is 13.3. The predicted molar refractivity (Wildman–Crippen MR) is 91.1 cm³/mol. The summed E-state index contributed by atoms with van der Waals surface area (Å²) in [6.45, 7) is 7.02. The molecule has 0 aliphatic heterocycles. The molecule has 1 heterocycles. The summed E-state index contributed by atoms with van der Waals surface area (Å²) in [5, 5.41) is 1.33. The molecule has 1 aromatic heterocycles. The topological polar surface area (TPSA) is 12.9 Å². The van der Waals surface area contributed by atoms with E-state index in [0.29, 0.717) is 5.41 Å². The third-order valence-electron chi connectivity index (χ3n) is 3.59. The molecule has 0 unspecified atom stereocenters. The van der Waals surface area contributed by atoms with Gasteiger partial charge in [-0.3, -0.25) is 0 Å². The van der Waals surface area contributed by atoms with Gasteiger partial charge in [-0.05, 0) is 0 Å². The van der Waals surface area contributed by atoms with Crippen molar-refractivity contribution in [1.82, 2.24) is 4.98 Å². The van der Waals surface area contributed by atoms with Gasteiger partial charge in [-0.15, -0.1) is 0 Å². The van der Waals surface area contributed by atoms with Crippen molar-refractivity contribution < 1.29 is 0 Å². The van der Waals surface area contributed by atoms with Crippen LogP contribution in [0.3, 0.4) is 0 Å². The summed E-state index contributed by atoms with van der Waals surface area (Å²) in [5.74, 6) is 4.98. The Balaban J connectivity index is 2.24. The molecule has 0 saturated carbocycles. The SMILES string of the molecule is CC(C)(C)[CH2][Ge]([CH3])([CH3])[c]1ccc(-c2ccccc2)nc1. The van der Waals surface area contributed by atoms with Gasteiger partial charge in [-0.1, -0.05) is 0 Å². The van der Waals surface area contributed by atoms with Gasteiger partial charge < -0.3 is 0 Å². The van der Waals surface area contributed by atoms with Gasteiger partial charge in [0.25, 0.3) is 0 Å². The monoisotopic (exact) mass is 329 g/mol. The first-order chi connectivity index (χ1) is 9.28. The van der Waals surface area contributed by atoms with Crippen molar-refractivity contribution in [2.45, 2.75) is 37.5 Å². The van der Waals surface area contributed by atoms with Crippen LogP contribution in [-0.4, -0.2) is 18.3 Å². The molecule has 0 aliphatic rings. The maximum absolute atomic E-state index is 4.69. The van der Waals surface area contributed by atoms with Crippen LogP contribution in [0.25, 0.3) is 11.3 Å². The predicted octanol–water partition coefficient (Wildman–Crippen LogP) is 4.71. The molecule has 0 aliphatic carbocycles. The van der Waals surface area contributed by atoms with Crippen LogP contribution in [0.5, 0.6) is 0 Å². The summed E-state index contributed by atoms with van der Waals surface area (Å²) in [7, 11) is 0. The standard InChI is InChI=1S/C18H25GeN/c1-18(2,3)14-19(4,5)16-11-12-17(20-13-16)15-9-7-6-8-10-15/h6-13H,14H2,1-5H3. The van der Waals surface area contributed by atoms with Gasteiger partial charge in [0.15, 0.2) is 0 Å². The molecule has 20 heavy (non-hydrogen) atoms. The Morgan fingerprint density at radius 3 is 2.10 bits per heavy atom. The molecular weight excluding hydrogens is 303 g/mol. The summed E-state index contributed by atoms with van der Waals surface area (Å²) in [5.41, 5.74) is 2.67. The van der Waals surface area contributed by atoms with Crippen molar-refractivity contribution >= 4 is 17.7 Å². The molecule has 0 atom stereocenters. The summed E-state index contributed by atoms with van der Waals surface area (Å²) in [6.07, 6.45) is 2.12. The van der Waals surface area contributed by atoms with Crippen LogP contribution < -0.4 is 4.40 Å². The number of hydrogen-bond donors (Lipinski definition) is 0. The average Bonchev–Trinajstić information content (AvgIpc) is 2.37. The number of benzene rings is 1. The number of pyridine rings is 1. The first-order valence-corrected chi connectivity index (χ1v) is 14.0. The van der Waals surface area contributed by atoms with Crippen LogP contribution in [0, 0.1) is 5.41 Å². The number of rotatable bonds is 3. The molecule has 0 amide bonds. The zero-order valence-corrected chi connectivity index (χ0v) is 15.4. The molecule has 2 aromatic rings. The fourth-order valence-corrected chi connectivity index (χ4v) is 11.0. The molecule has 1 aromatic carbocycles. The molecule has 2 heteroatoms. The van der Waals surface area contributed by atoms with Gasteiger partial charge in [0.2, 0.25) is 0 Å². The first-order valence-electron chi connectivity index (χ1n) is 7.30. The quantitative estimate of drug-likeness (QED) is 0.744. The van der Waals surface area contributed by atoms with Crippen LogP contribution in [0.15, 0.2) is 48.7 Å². The van der Waals surface area contributed by atoms with Crippen molar-refractivity contribution in [3.05, 3.63) is 48.7 Å². The Kier molecular flexibility index (Phi) is 4.38. The average molecular weight is 328 g/mol. The Hall–Kier alpha value is -1.09.